The average Bonchev–Trinajstić information content (AvgIpc) is 3.34. The maximum atomic E-state index is 13.4. The van der Waals surface area contributed by atoms with Gasteiger partial charge in [-0.15, -0.1) is 17.9 Å². The van der Waals surface area contributed by atoms with Gasteiger partial charge in [0.1, 0.15) is 4.90 Å². The van der Waals surface area contributed by atoms with Gasteiger partial charge < -0.3 is 0 Å². The first-order chi connectivity index (χ1) is 14.9. The van der Waals surface area contributed by atoms with E-state index in [0.717, 1.165) is 25.0 Å². The summed E-state index contributed by atoms with van der Waals surface area (Å²) in [5.74, 6) is -0.435. The Kier molecular flexibility index (Phi) is 6.13. The van der Waals surface area contributed by atoms with Gasteiger partial charge in [-0.1, -0.05) is 35.9 Å². The number of aryl methyl sites for hydroxylation is 2. The molecule has 3 aromatic rings. The molecule has 0 saturated carbocycles. The molecule has 2 aromatic carbocycles. The number of anilines is 2. The fourth-order valence-electron chi connectivity index (χ4n) is 3.43. The van der Waals surface area contributed by atoms with Crippen molar-refractivity contribution in [2.75, 3.05) is 16.2 Å². The van der Waals surface area contributed by atoms with Crippen LogP contribution in [0.1, 0.15) is 27.3 Å². The molecule has 0 unspecified atom stereocenters. The van der Waals surface area contributed by atoms with Crippen molar-refractivity contribution in [1.29, 1.82) is 0 Å². The molecular formula is C22H20ClN3O3S2. The van der Waals surface area contributed by atoms with E-state index in [4.69, 9.17) is 11.6 Å². The Morgan fingerprint density at radius 3 is 2.71 bits per heavy atom. The van der Waals surface area contributed by atoms with Gasteiger partial charge in [0.2, 0.25) is 0 Å². The minimum atomic E-state index is -4.04. The van der Waals surface area contributed by atoms with E-state index in [1.807, 2.05) is 0 Å². The van der Waals surface area contributed by atoms with Gasteiger partial charge in [-0.25, -0.2) is 13.4 Å². The minimum absolute atomic E-state index is 0.0368. The molecule has 4 rings (SSSR count). The summed E-state index contributed by atoms with van der Waals surface area (Å²) >= 11 is 7.71. The number of benzene rings is 2. The quantitative estimate of drug-likeness (QED) is 0.494. The van der Waals surface area contributed by atoms with Crippen molar-refractivity contribution in [2.24, 2.45) is 0 Å². The molecule has 6 nitrogen and oxygen atoms in total. The zero-order valence-corrected chi connectivity index (χ0v) is 18.9. The Morgan fingerprint density at radius 1 is 1.23 bits per heavy atom. The Labute approximate surface area is 190 Å². The van der Waals surface area contributed by atoms with Crippen LogP contribution in [0.15, 0.2) is 66.1 Å². The zero-order valence-electron chi connectivity index (χ0n) is 16.5. The lowest BCUT2D eigenvalue weighted by Crippen LogP contribution is -2.31. The molecule has 160 valence electrons. The molecule has 0 bridgehead atoms. The summed E-state index contributed by atoms with van der Waals surface area (Å²) in [6.07, 6.45) is 4.48. The number of hydrogen-bond donors (Lipinski definition) is 1. The number of rotatable bonds is 7. The average molecular weight is 474 g/mol. The summed E-state index contributed by atoms with van der Waals surface area (Å²) in [4.78, 5) is 18.3. The molecule has 1 aliphatic rings. The fraction of sp³-hybridized carbons (Fsp3) is 0.182. The van der Waals surface area contributed by atoms with E-state index >= 15 is 0 Å². The van der Waals surface area contributed by atoms with Crippen molar-refractivity contribution in [2.45, 2.75) is 24.2 Å². The first kappa shape index (κ1) is 21.5. The van der Waals surface area contributed by atoms with E-state index < -0.39 is 15.9 Å². The standard InChI is InChI=1S/C22H20ClN3O3S2/c1-2-13-26(16-7-4-3-5-8-16)31(28,29)20-14-15(11-12-17(20)23)21(27)25-22-24-18-9-6-10-19(18)30-22/h2-5,7-8,11-12,14H,1,6,9-10,13H2,(H,24,25,27). The predicted octanol–water partition coefficient (Wildman–Crippen LogP) is 4.92. The molecule has 9 heteroatoms. The monoisotopic (exact) mass is 473 g/mol. The summed E-state index contributed by atoms with van der Waals surface area (Å²) in [5, 5.41) is 3.33. The summed E-state index contributed by atoms with van der Waals surface area (Å²) in [6.45, 7) is 3.72. The summed E-state index contributed by atoms with van der Waals surface area (Å²) in [6, 6.07) is 12.9. The highest BCUT2D eigenvalue weighted by Gasteiger charge is 2.28. The van der Waals surface area contributed by atoms with Crippen LogP contribution in [0.3, 0.4) is 0 Å². The number of amides is 1. The number of hydrogen-bond acceptors (Lipinski definition) is 5. The normalized spacial score (nSPS) is 12.9. The third kappa shape index (κ3) is 4.37. The van der Waals surface area contributed by atoms with Gasteiger partial charge in [0.25, 0.3) is 15.9 Å². The Morgan fingerprint density at radius 2 is 2.00 bits per heavy atom. The lowest BCUT2D eigenvalue weighted by Gasteiger charge is -2.24. The van der Waals surface area contributed by atoms with Crippen LogP contribution in [0.25, 0.3) is 0 Å². The lowest BCUT2D eigenvalue weighted by atomic mass is 10.2. The minimum Gasteiger partial charge on any atom is -0.298 e. The molecule has 0 aliphatic heterocycles. The van der Waals surface area contributed by atoms with Crippen LogP contribution in [0.4, 0.5) is 10.8 Å². The maximum absolute atomic E-state index is 13.4. The highest BCUT2D eigenvalue weighted by atomic mass is 35.5. The maximum Gasteiger partial charge on any atom is 0.266 e. The third-order valence-corrected chi connectivity index (χ3v) is 8.26. The molecule has 0 atom stereocenters. The smallest absolute Gasteiger partial charge is 0.266 e. The molecule has 1 aliphatic carbocycles. The first-order valence-corrected chi connectivity index (χ1v) is 12.3. The van der Waals surface area contributed by atoms with Crippen molar-refractivity contribution in [3.63, 3.8) is 0 Å². The molecule has 0 radical (unpaired) electrons. The van der Waals surface area contributed by atoms with Crippen LogP contribution in [0.2, 0.25) is 5.02 Å². The van der Waals surface area contributed by atoms with Gasteiger partial charge in [0.05, 0.1) is 22.9 Å². The predicted molar refractivity (Wildman–Crippen MR) is 125 cm³/mol. The first-order valence-electron chi connectivity index (χ1n) is 9.68. The number of fused-ring (bicyclic) bond motifs is 1. The number of para-hydroxylation sites is 1. The van der Waals surface area contributed by atoms with E-state index in [2.05, 4.69) is 16.9 Å². The number of carbonyl (C=O) groups is 1. The number of nitrogens with zero attached hydrogens (tertiary/aromatic N) is 2. The molecule has 1 amide bonds. The van der Waals surface area contributed by atoms with Crippen molar-refractivity contribution in [3.8, 4) is 0 Å². The molecule has 1 heterocycles. The number of halogens is 1. The third-order valence-electron chi connectivity index (χ3n) is 4.92. The van der Waals surface area contributed by atoms with E-state index in [1.54, 1.807) is 30.3 Å². The van der Waals surface area contributed by atoms with Crippen molar-refractivity contribution in [3.05, 3.63) is 82.3 Å². The van der Waals surface area contributed by atoms with Crippen LogP contribution in [-0.4, -0.2) is 25.9 Å². The number of aromatic nitrogens is 1. The van der Waals surface area contributed by atoms with Gasteiger partial charge in [-0.05, 0) is 49.6 Å². The largest absolute Gasteiger partial charge is 0.298 e. The summed E-state index contributed by atoms with van der Waals surface area (Å²) in [7, 11) is -4.04. The Balaban J connectivity index is 1.65. The van der Waals surface area contributed by atoms with Gasteiger partial charge in [-0.2, -0.15) is 0 Å². The van der Waals surface area contributed by atoms with Crippen molar-refractivity contribution < 1.29 is 13.2 Å². The van der Waals surface area contributed by atoms with Gasteiger partial charge in [-0.3, -0.25) is 14.4 Å². The number of sulfonamides is 1. The Hall–Kier alpha value is -2.68. The van der Waals surface area contributed by atoms with Crippen molar-refractivity contribution in [1.82, 2.24) is 4.98 Å². The Bertz CT molecular complexity index is 1220. The van der Waals surface area contributed by atoms with E-state index in [-0.39, 0.29) is 22.0 Å². The second-order valence-electron chi connectivity index (χ2n) is 7.00. The van der Waals surface area contributed by atoms with Crippen LogP contribution >= 0.6 is 22.9 Å². The molecule has 0 fully saturated rings. The summed E-state index contributed by atoms with van der Waals surface area (Å²) in [5.41, 5.74) is 1.69. The van der Waals surface area contributed by atoms with Crippen LogP contribution < -0.4 is 9.62 Å². The SMILES string of the molecule is C=CCN(c1ccccc1)S(=O)(=O)c1cc(C(=O)Nc2nc3c(s2)CCC3)ccc1Cl. The van der Waals surface area contributed by atoms with Gasteiger partial charge in [0, 0.05) is 10.4 Å². The highest BCUT2D eigenvalue weighted by molar-refractivity contribution is 7.93. The second kappa shape index (κ2) is 8.82. The lowest BCUT2D eigenvalue weighted by molar-refractivity contribution is 0.102. The molecular weight excluding hydrogens is 454 g/mol. The number of thiazole rings is 1. The van der Waals surface area contributed by atoms with E-state index in [9.17, 15) is 13.2 Å². The van der Waals surface area contributed by atoms with E-state index in [0.29, 0.717) is 10.8 Å². The molecule has 1 N–H and O–H groups in total. The molecule has 1 aromatic heterocycles. The number of carbonyl (C=O) groups excluding carboxylic acids is 1. The van der Waals surface area contributed by atoms with E-state index in [1.165, 1.54) is 44.8 Å². The highest BCUT2D eigenvalue weighted by Crippen LogP contribution is 2.32. The van der Waals surface area contributed by atoms with Crippen LogP contribution in [-0.2, 0) is 22.9 Å². The van der Waals surface area contributed by atoms with Crippen LogP contribution in [0.5, 0.6) is 0 Å². The second-order valence-corrected chi connectivity index (χ2v) is 10.3. The summed E-state index contributed by atoms with van der Waals surface area (Å²) < 4.78 is 28.0. The van der Waals surface area contributed by atoms with Gasteiger partial charge >= 0.3 is 0 Å². The topological polar surface area (TPSA) is 79.4 Å². The molecule has 31 heavy (non-hydrogen) atoms. The molecule has 0 saturated heterocycles. The fourth-order valence-corrected chi connectivity index (χ4v) is 6.41. The molecule has 0 spiro atoms. The zero-order chi connectivity index (χ0) is 22.0. The van der Waals surface area contributed by atoms with Crippen molar-refractivity contribution >= 4 is 49.7 Å². The van der Waals surface area contributed by atoms with Gasteiger partial charge in [0.15, 0.2) is 5.13 Å². The van der Waals surface area contributed by atoms with Crippen LogP contribution in [0, 0.1) is 0 Å². The number of nitrogens with one attached hydrogen (secondary N) is 1.